The van der Waals surface area contributed by atoms with Crippen molar-refractivity contribution < 1.29 is 4.74 Å². The van der Waals surface area contributed by atoms with Crippen LogP contribution in [-0.2, 0) is 6.54 Å². The molecule has 0 aliphatic rings. The van der Waals surface area contributed by atoms with E-state index in [1.807, 2.05) is 18.9 Å². The number of nitrogens with zero attached hydrogens (tertiary/aromatic N) is 3. The van der Waals surface area contributed by atoms with Gasteiger partial charge < -0.3 is 15.4 Å². The van der Waals surface area contributed by atoms with Crippen LogP contribution in [0.2, 0.25) is 0 Å². The van der Waals surface area contributed by atoms with Gasteiger partial charge >= 0.3 is 0 Å². The molecule has 0 aliphatic heterocycles. The summed E-state index contributed by atoms with van der Waals surface area (Å²) >= 11 is 0. The van der Waals surface area contributed by atoms with Gasteiger partial charge in [-0.15, -0.1) is 0 Å². The van der Waals surface area contributed by atoms with Gasteiger partial charge in [-0.3, -0.25) is 0 Å². The molecule has 21 heavy (non-hydrogen) atoms. The van der Waals surface area contributed by atoms with Gasteiger partial charge in [0, 0.05) is 13.6 Å². The zero-order valence-corrected chi connectivity index (χ0v) is 12.8. The van der Waals surface area contributed by atoms with Crippen LogP contribution in [0.25, 0.3) is 0 Å². The molecule has 2 aromatic rings. The summed E-state index contributed by atoms with van der Waals surface area (Å²) in [5.41, 5.74) is 9.06. The molecule has 0 saturated heterocycles. The van der Waals surface area contributed by atoms with Gasteiger partial charge in [0.15, 0.2) is 5.82 Å². The maximum absolute atomic E-state index is 6.12. The van der Waals surface area contributed by atoms with Gasteiger partial charge in [0.05, 0.1) is 6.61 Å². The monoisotopic (exact) mass is 286 g/mol. The Kier molecular flexibility index (Phi) is 4.98. The number of hydrogen-bond donors (Lipinski definition) is 1. The molecule has 0 atom stereocenters. The maximum atomic E-state index is 6.12. The third-order valence-corrected chi connectivity index (χ3v) is 3.13. The second kappa shape index (κ2) is 6.92. The molecule has 1 aromatic carbocycles. The quantitative estimate of drug-likeness (QED) is 0.884. The van der Waals surface area contributed by atoms with Crippen molar-refractivity contribution >= 4 is 11.5 Å². The van der Waals surface area contributed by atoms with Crippen LogP contribution in [-0.4, -0.2) is 23.6 Å². The fourth-order valence-corrected chi connectivity index (χ4v) is 2.15. The molecule has 0 amide bonds. The van der Waals surface area contributed by atoms with E-state index < -0.39 is 0 Å². The number of benzene rings is 1. The first-order valence-corrected chi connectivity index (χ1v) is 7.11. The molecule has 2 N–H and O–H groups in total. The molecule has 1 heterocycles. The Morgan fingerprint density at radius 2 is 2.10 bits per heavy atom. The normalized spacial score (nSPS) is 10.4. The SMILES string of the molecule is CCCOc1ncnc(N(C)Cc2cccc(C)c2)c1N. The largest absolute Gasteiger partial charge is 0.476 e. The van der Waals surface area contributed by atoms with Crippen LogP contribution >= 0.6 is 0 Å². The first-order valence-electron chi connectivity index (χ1n) is 7.11. The van der Waals surface area contributed by atoms with Crippen molar-refractivity contribution in [1.29, 1.82) is 0 Å². The minimum absolute atomic E-state index is 0.456. The van der Waals surface area contributed by atoms with E-state index in [1.165, 1.54) is 17.5 Å². The first-order chi connectivity index (χ1) is 10.1. The lowest BCUT2D eigenvalue weighted by atomic mass is 10.1. The molecule has 0 unspecified atom stereocenters. The Labute approximate surface area is 125 Å². The molecular formula is C16H22N4O. The molecular weight excluding hydrogens is 264 g/mol. The van der Waals surface area contributed by atoms with Gasteiger partial charge in [-0.2, -0.15) is 4.98 Å². The topological polar surface area (TPSA) is 64.3 Å². The van der Waals surface area contributed by atoms with Crippen LogP contribution < -0.4 is 15.4 Å². The molecule has 0 bridgehead atoms. The summed E-state index contributed by atoms with van der Waals surface area (Å²) in [5.74, 6) is 1.15. The van der Waals surface area contributed by atoms with Crippen molar-refractivity contribution in [2.45, 2.75) is 26.8 Å². The number of nitrogen functional groups attached to an aromatic ring is 1. The van der Waals surface area contributed by atoms with Gasteiger partial charge in [-0.05, 0) is 18.9 Å². The van der Waals surface area contributed by atoms with Crippen molar-refractivity contribution in [3.63, 3.8) is 0 Å². The summed E-state index contributed by atoms with van der Waals surface area (Å²) in [5, 5.41) is 0. The summed E-state index contributed by atoms with van der Waals surface area (Å²) in [4.78, 5) is 10.4. The number of aromatic nitrogens is 2. The highest BCUT2D eigenvalue weighted by Crippen LogP contribution is 2.28. The maximum Gasteiger partial charge on any atom is 0.242 e. The lowest BCUT2D eigenvalue weighted by Crippen LogP contribution is -2.20. The predicted molar refractivity (Wildman–Crippen MR) is 85.5 cm³/mol. The Hall–Kier alpha value is -2.30. The highest BCUT2D eigenvalue weighted by molar-refractivity contribution is 5.67. The molecule has 0 aliphatic carbocycles. The first kappa shape index (κ1) is 15.1. The van der Waals surface area contributed by atoms with E-state index in [2.05, 4.69) is 41.2 Å². The minimum Gasteiger partial charge on any atom is -0.476 e. The van der Waals surface area contributed by atoms with Crippen molar-refractivity contribution in [3.05, 3.63) is 41.7 Å². The fraction of sp³-hybridized carbons (Fsp3) is 0.375. The molecule has 0 saturated carbocycles. The van der Waals surface area contributed by atoms with E-state index in [1.54, 1.807) is 0 Å². The van der Waals surface area contributed by atoms with Crippen molar-refractivity contribution in [3.8, 4) is 5.88 Å². The summed E-state index contributed by atoms with van der Waals surface area (Å²) in [6.45, 7) is 5.46. The molecule has 1 aromatic heterocycles. The van der Waals surface area contributed by atoms with E-state index in [0.717, 1.165) is 13.0 Å². The molecule has 0 spiro atoms. The zero-order chi connectivity index (χ0) is 15.2. The van der Waals surface area contributed by atoms with Crippen LogP contribution in [0.1, 0.15) is 24.5 Å². The number of anilines is 2. The zero-order valence-electron chi connectivity index (χ0n) is 12.8. The summed E-state index contributed by atoms with van der Waals surface area (Å²) in [7, 11) is 1.96. The molecule has 5 nitrogen and oxygen atoms in total. The Balaban J connectivity index is 2.17. The molecule has 0 radical (unpaired) electrons. The Morgan fingerprint density at radius 1 is 1.29 bits per heavy atom. The second-order valence-corrected chi connectivity index (χ2v) is 5.11. The van der Waals surface area contributed by atoms with Crippen molar-refractivity contribution in [2.75, 3.05) is 24.3 Å². The lowest BCUT2D eigenvalue weighted by Gasteiger charge is -2.20. The average molecular weight is 286 g/mol. The highest BCUT2D eigenvalue weighted by Gasteiger charge is 2.13. The van der Waals surface area contributed by atoms with Crippen molar-refractivity contribution in [1.82, 2.24) is 9.97 Å². The molecule has 5 heteroatoms. The number of nitrogens with two attached hydrogens (primary N) is 1. The van der Waals surface area contributed by atoms with Gasteiger partial charge in [0.1, 0.15) is 12.0 Å². The summed E-state index contributed by atoms with van der Waals surface area (Å²) in [6.07, 6.45) is 2.40. The van der Waals surface area contributed by atoms with Crippen LogP contribution in [0.3, 0.4) is 0 Å². The van der Waals surface area contributed by atoms with Crippen LogP contribution in [0.4, 0.5) is 11.5 Å². The number of aryl methyl sites for hydroxylation is 1. The van der Waals surface area contributed by atoms with E-state index in [9.17, 15) is 0 Å². The third kappa shape index (κ3) is 3.84. The minimum atomic E-state index is 0.456. The van der Waals surface area contributed by atoms with Crippen LogP contribution in [0.15, 0.2) is 30.6 Å². The van der Waals surface area contributed by atoms with Gasteiger partial charge in [0.25, 0.3) is 0 Å². The third-order valence-electron chi connectivity index (χ3n) is 3.13. The highest BCUT2D eigenvalue weighted by atomic mass is 16.5. The molecule has 2 rings (SSSR count). The van der Waals surface area contributed by atoms with Crippen LogP contribution in [0, 0.1) is 6.92 Å². The van der Waals surface area contributed by atoms with Gasteiger partial charge in [-0.25, -0.2) is 4.98 Å². The standard InChI is InChI=1S/C16H22N4O/c1-4-8-21-16-14(17)15(18-11-19-16)20(3)10-13-7-5-6-12(2)9-13/h5-7,9,11H,4,8,10,17H2,1-3H3. The molecule has 112 valence electrons. The molecule has 0 fully saturated rings. The smallest absolute Gasteiger partial charge is 0.242 e. The average Bonchev–Trinajstić information content (AvgIpc) is 2.46. The number of ether oxygens (including phenoxy) is 1. The van der Waals surface area contributed by atoms with E-state index in [0.29, 0.717) is 24.0 Å². The van der Waals surface area contributed by atoms with E-state index >= 15 is 0 Å². The summed E-state index contributed by atoms with van der Waals surface area (Å²) in [6, 6.07) is 8.38. The second-order valence-electron chi connectivity index (χ2n) is 5.11. The van der Waals surface area contributed by atoms with E-state index in [4.69, 9.17) is 10.5 Å². The van der Waals surface area contributed by atoms with E-state index in [-0.39, 0.29) is 0 Å². The Morgan fingerprint density at radius 3 is 2.81 bits per heavy atom. The van der Waals surface area contributed by atoms with Crippen LogP contribution in [0.5, 0.6) is 5.88 Å². The number of hydrogen-bond acceptors (Lipinski definition) is 5. The number of rotatable bonds is 6. The predicted octanol–water partition coefficient (Wildman–Crippen LogP) is 2.79. The van der Waals surface area contributed by atoms with Gasteiger partial charge in [-0.1, -0.05) is 36.8 Å². The summed E-state index contributed by atoms with van der Waals surface area (Å²) < 4.78 is 5.54. The Bertz CT molecular complexity index is 601. The lowest BCUT2D eigenvalue weighted by molar-refractivity contribution is 0.306. The van der Waals surface area contributed by atoms with Crippen molar-refractivity contribution in [2.24, 2.45) is 0 Å². The van der Waals surface area contributed by atoms with Gasteiger partial charge in [0.2, 0.25) is 5.88 Å². The fourth-order valence-electron chi connectivity index (χ4n) is 2.15.